The zero-order valence-corrected chi connectivity index (χ0v) is 22.2. The highest BCUT2D eigenvalue weighted by Gasteiger charge is 2.37. The van der Waals surface area contributed by atoms with E-state index in [2.05, 4.69) is 28.0 Å². The molecule has 2 atom stereocenters. The van der Waals surface area contributed by atoms with Gasteiger partial charge in [-0.25, -0.2) is 0 Å². The minimum Gasteiger partial charge on any atom is -0.497 e. The van der Waals surface area contributed by atoms with E-state index >= 15 is 0 Å². The Morgan fingerprint density at radius 3 is 2.33 bits per heavy atom. The Balaban J connectivity index is 1.29. The lowest BCUT2D eigenvalue weighted by molar-refractivity contribution is 0.0388. The Morgan fingerprint density at radius 1 is 0.917 bits per heavy atom. The molecule has 1 saturated carbocycles. The Labute approximate surface area is 216 Å². The fraction of sp³-hybridized carbons (Fsp3) is 0.600. The van der Waals surface area contributed by atoms with Crippen molar-refractivity contribution in [1.82, 2.24) is 14.8 Å². The van der Waals surface area contributed by atoms with E-state index in [-0.39, 0.29) is 5.91 Å². The highest BCUT2D eigenvalue weighted by Crippen LogP contribution is 2.37. The van der Waals surface area contributed by atoms with Crippen LogP contribution in [-0.4, -0.2) is 60.6 Å². The summed E-state index contributed by atoms with van der Waals surface area (Å²) in [4.78, 5) is 23.6. The van der Waals surface area contributed by atoms with Gasteiger partial charge in [0.15, 0.2) is 0 Å². The van der Waals surface area contributed by atoms with E-state index in [9.17, 15) is 4.79 Å². The molecule has 194 valence electrons. The van der Waals surface area contributed by atoms with Crippen LogP contribution in [0.3, 0.4) is 0 Å². The molecule has 3 aliphatic rings. The Morgan fingerprint density at radius 2 is 1.61 bits per heavy atom. The molecule has 5 rings (SSSR count). The molecular weight excluding hydrogens is 450 g/mol. The standard InChI is InChI=1S/C30H41N3O3/c1-21-10-11-27(30(34)33-14-6-8-23-7-4-5-9-28(23)33)29(31-21)24-12-15-32(16-13-24)20-22-17-25(35-2)19-26(18-22)36-3/h10-11,17-19,23-24,28H,4-9,12-16,20H2,1-3H3. The van der Waals surface area contributed by atoms with Crippen molar-refractivity contribution < 1.29 is 14.3 Å². The number of rotatable bonds is 6. The molecular formula is C30H41N3O3. The Bertz CT molecular complexity index is 1040. The molecule has 0 radical (unpaired) electrons. The number of likely N-dealkylation sites (tertiary alicyclic amines) is 2. The van der Waals surface area contributed by atoms with Gasteiger partial charge in [0.25, 0.3) is 5.91 Å². The topological polar surface area (TPSA) is 54.9 Å². The van der Waals surface area contributed by atoms with Crippen molar-refractivity contribution in [3.8, 4) is 11.5 Å². The second-order valence-corrected chi connectivity index (χ2v) is 10.9. The minimum absolute atomic E-state index is 0.222. The van der Waals surface area contributed by atoms with Gasteiger partial charge in [-0.3, -0.25) is 14.7 Å². The zero-order valence-electron chi connectivity index (χ0n) is 22.2. The first-order valence-corrected chi connectivity index (χ1v) is 13.8. The van der Waals surface area contributed by atoms with Gasteiger partial charge in [0, 0.05) is 36.8 Å². The van der Waals surface area contributed by atoms with Crippen molar-refractivity contribution in [1.29, 1.82) is 0 Å². The third kappa shape index (κ3) is 5.39. The van der Waals surface area contributed by atoms with E-state index in [0.717, 1.165) is 73.9 Å². The molecule has 0 bridgehead atoms. The first-order valence-electron chi connectivity index (χ1n) is 13.8. The van der Waals surface area contributed by atoms with Crippen LogP contribution < -0.4 is 9.47 Å². The summed E-state index contributed by atoms with van der Waals surface area (Å²) in [6.45, 7) is 5.78. The zero-order chi connectivity index (χ0) is 25.1. The molecule has 1 aliphatic carbocycles. The van der Waals surface area contributed by atoms with E-state index in [4.69, 9.17) is 14.5 Å². The second kappa shape index (κ2) is 11.2. The average Bonchev–Trinajstić information content (AvgIpc) is 2.92. The van der Waals surface area contributed by atoms with Crippen LogP contribution in [-0.2, 0) is 6.54 Å². The molecule has 3 heterocycles. The summed E-state index contributed by atoms with van der Waals surface area (Å²) in [6, 6.07) is 10.6. The lowest BCUT2D eigenvalue weighted by atomic mass is 9.78. The Kier molecular flexibility index (Phi) is 7.80. The molecule has 3 fully saturated rings. The number of amides is 1. The van der Waals surface area contributed by atoms with Crippen LogP contribution in [0.4, 0.5) is 0 Å². The number of benzene rings is 1. The van der Waals surface area contributed by atoms with Crippen molar-refractivity contribution in [2.75, 3.05) is 33.9 Å². The van der Waals surface area contributed by atoms with Crippen molar-refractivity contribution in [3.05, 3.63) is 52.8 Å². The molecule has 2 saturated heterocycles. The average molecular weight is 492 g/mol. The SMILES string of the molecule is COc1cc(CN2CCC(c3nc(C)ccc3C(=O)N3CCCC4CCCCC43)CC2)cc(OC)c1. The summed E-state index contributed by atoms with van der Waals surface area (Å²) >= 11 is 0. The number of hydrogen-bond acceptors (Lipinski definition) is 5. The summed E-state index contributed by atoms with van der Waals surface area (Å²) in [7, 11) is 3.38. The van der Waals surface area contributed by atoms with Crippen LogP contribution in [0, 0.1) is 12.8 Å². The van der Waals surface area contributed by atoms with Gasteiger partial charge in [-0.1, -0.05) is 12.8 Å². The number of nitrogens with zero attached hydrogens (tertiary/aromatic N) is 3. The van der Waals surface area contributed by atoms with Gasteiger partial charge in [0.2, 0.25) is 0 Å². The lowest BCUT2D eigenvalue weighted by Crippen LogP contribution is -2.50. The van der Waals surface area contributed by atoms with Crippen LogP contribution in [0.1, 0.15) is 84.6 Å². The molecule has 0 spiro atoms. The first kappa shape index (κ1) is 25.1. The number of fused-ring (bicyclic) bond motifs is 1. The predicted molar refractivity (Wildman–Crippen MR) is 142 cm³/mol. The molecule has 1 amide bonds. The minimum atomic E-state index is 0.222. The van der Waals surface area contributed by atoms with Crippen molar-refractivity contribution in [3.63, 3.8) is 0 Å². The van der Waals surface area contributed by atoms with E-state index in [1.807, 2.05) is 19.1 Å². The molecule has 2 unspecified atom stereocenters. The normalized spacial score (nSPS) is 23.2. The summed E-state index contributed by atoms with van der Waals surface area (Å²) in [5, 5.41) is 0. The molecule has 1 aromatic heterocycles. The maximum absolute atomic E-state index is 13.9. The number of aromatic nitrogens is 1. The van der Waals surface area contributed by atoms with Crippen LogP contribution in [0.2, 0.25) is 0 Å². The largest absolute Gasteiger partial charge is 0.497 e. The van der Waals surface area contributed by atoms with Gasteiger partial charge in [0.05, 0.1) is 25.5 Å². The van der Waals surface area contributed by atoms with E-state index in [1.54, 1.807) is 14.2 Å². The summed E-state index contributed by atoms with van der Waals surface area (Å²) < 4.78 is 10.9. The fourth-order valence-electron chi connectivity index (χ4n) is 6.68. The molecule has 1 aromatic carbocycles. The number of carbonyl (C=O) groups is 1. The monoisotopic (exact) mass is 491 g/mol. The van der Waals surface area contributed by atoms with Crippen LogP contribution in [0.15, 0.2) is 30.3 Å². The summed E-state index contributed by atoms with van der Waals surface area (Å²) in [5.74, 6) is 2.89. The van der Waals surface area contributed by atoms with Crippen molar-refractivity contribution >= 4 is 5.91 Å². The Hall–Kier alpha value is -2.60. The van der Waals surface area contributed by atoms with Crippen LogP contribution in [0.25, 0.3) is 0 Å². The molecule has 6 nitrogen and oxygen atoms in total. The molecule has 36 heavy (non-hydrogen) atoms. The highest BCUT2D eigenvalue weighted by atomic mass is 16.5. The third-order valence-corrected chi connectivity index (χ3v) is 8.59. The summed E-state index contributed by atoms with van der Waals surface area (Å²) in [6.07, 6.45) is 9.47. The lowest BCUT2D eigenvalue weighted by Gasteiger charge is -2.44. The number of methoxy groups -OCH3 is 2. The van der Waals surface area contributed by atoms with Gasteiger partial charge in [-0.05, 0) is 94.3 Å². The van der Waals surface area contributed by atoms with Crippen LogP contribution >= 0.6 is 0 Å². The van der Waals surface area contributed by atoms with Gasteiger partial charge in [-0.15, -0.1) is 0 Å². The quantitative estimate of drug-likeness (QED) is 0.528. The predicted octanol–water partition coefficient (Wildman–Crippen LogP) is 5.58. The molecule has 2 aromatic rings. The molecule has 6 heteroatoms. The van der Waals surface area contributed by atoms with Crippen LogP contribution in [0.5, 0.6) is 11.5 Å². The van der Waals surface area contributed by atoms with Gasteiger partial charge < -0.3 is 14.4 Å². The third-order valence-electron chi connectivity index (χ3n) is 8.59. The van der Waals surface area contributed by atoms with E-state index < -0.39 is 0 Å². The number of piperidine rings is 2. The van der Waals surface area contributed by atoms with Crippen molar-refractivity contribution in [2.45, 2.75) is 76.8 Å². The highest BCUT2D eigenvalue weighted by molar-refractivity contribution is 5.95. The fourth-order valence-corrected chi connectivity index (χ4v) is 6.68. The number of pyridine rings is 1. The van der Waals surface area contributed by atoms with Crippen molar-refractivity contribution in [2.24, 2.45) is 5.92 Å². The van der Waals surface area contributed by atoms with Gasteiger partial charge >= 0.3 is 0 Å². The van der Waals surface area contributed by atoms with E-state index in [1.165, 1.54) is 37.7 Å². The number of ether oxygens (including phenoxy) is 2. The maximum Gasteiger partial charge on any atom is 0.255 e. The number of hydrogen-bond donors (Lipinski definition) is 0. The maximum atomic E-state index is 13.9. The molecule has 0 N–H and O–H groups in total. The number of carbonyl (C=O) groups excluding carboxylic acids is 1. The first-order chi connectivity index (χ1) is 17.6. The number of aryl methyl sites for hydroxylation is 1. The smallest absolute Gasteiger partial charge is 0.255 e. The summed E-state index contributed by atoms with van der Waals surface area (Å²) in [5.41, 5.74) is 4.08. The van der Waals surface area contributed by atoms with Gasteiger partial charge in [-0.2, -0.15) is 0 Å². The second-order valence-electron chi connectivity index (χ2n) is 10.9. The van der Waals surface area contributed by atoms with Gasteiger partial charge in [0.1, 0.15) is 11.5 Å². The molecule has 2 aliphatic heterocycles. The van der Waals surface area contributed by atoms with E-state index in [0.29, 0.717) is 17.9 Å².